The molecule has 1 aliphatic heterocycles. The number of aryl methyl sites for hydroxylation is 1. The van der Waals surface area contributed by atoms with Crippen molar-refractivity contribution in [3.63, 3.8) is 0 Å². The predicted molar refractivity (Wildman–Crippen MR) is 98.7 cm³/mol. The maximum Gasteiger partial charge on any atom is 0.253 e. The third-order valence-corrected chi connectivity index (χ3v) is 5.41. The Hall–Kier alpha value is -2.81. The Morgan fingerprint density at radius 2 is 1.96 bits per heavy atom. The SMILES string of the molecule is Cc1csc(N2CCCN(C(=O)c3ccc(-n4cnnn4)cc3)CC2)n1. The number of carbonyl (C=O) groups is 1. The highest BCUT2D eigenvalue weighted by atomic mass is 32.1. The largest absolute Gasteiger partial charge is 0.346 e. The lowest BCUT2D eigenvalue weighted by atomic mass is 10.1. The molecule has 0 radical (unpaired) electrons. The van der Waals surface area contributed by atoms with Gasteiger partial charge in [-0.1, -0.05) is 0 Å². The van der Waals surface area contributed by atoms with Gasteiger partial charge >= 0.3 is 0 Å². The van der Waals surface area contributed by atoms with Gasteiger partial charge < -0.3 is 9.80 Å². The lowest BCUT2D eigenvalue weighted by molar-refractivity contribution is 0.0767. The molecule has 0 aliphatic carbocycles. The summed E-state index contributed by atoms with van der Waals surface area (Å²) >= 11 is 1.66. The monoisotopic (exact) mass is 369 g/mol. The number of amides is 1. The van der Waals surface area contributed by atoms with E-state index in [1.54, 1.807) is 16.0 Å². The zero-order chi connectivity index (χ0) is 17.9. The number of anilines is 1. The van der Waals surface area contributed by atoms with Crippen LogP contribution in [0.3, 0.4) is 0 Å². The van der Waals surface area contributed by atoms with Crippen molar-refractivity contribution in [1.29, 1.82) is 0 Å². The average molecular weight is 369 g/mol. The maximum atomic E-state index is 12.8. The van der Waals surface area contributed by atoms with Crippen LogP contribution in [0.2, 0.25) is 0 Å². The number of carbonyl (C=O) groups excluding carboxylic acids is 1. The fraction of sp³-hybridized carbons (Fsp3) is 0.353. The molecule has 1 saturated heterocycles. The first-order chi connectivity index (χ1) is 12.7. The van der Waals surface area contributed by atoms with E-state index in [0.29, 0.717) is 12.1 Å². The summed E-state index contributed by atoms with van der Waals surface area (Å²) in [7, 11) is 0. The topological polar surface area (TPSA) is 80.0 Å². The van der Waals surface area contributed by atoms with Crippen LogP contribution in [0.25, 0.3) is 5.69 Å². The first-order valence-electron chi connectivity index (χ1n) is 8.50. The molecule has 1 amide bonds. The van der Waals surface area contributed by atoms with E-state index in [2.05, 4.69) is 30.8 Å². The van der Waals surface area contributed by atoms with Crippen molar-refractivity contribution in [2.45, 2.75) is 13.3 Å². The van der Waals surface area contributed by atoms with Gasteiger partial charge in [-0.3, -0.25) is 4.79 Å². The van der Waals surface area contributed by atoms with E-state index in [1.807, 2.05) is 36.1 Å². The fourth-order valence-electron chi connectivity index (χ4n) is 3.02. The molecule has 26 heavy (non-hydrogen) atoms. The Bertz CT molecular complexity index is 875. The van der Waals surface area contributed by atoms with Crippen molar-refractivity contribution in [2.75, 3.05) is 31.1 Å². The molecule has 0 spiro atoms. The maximum absolute atomic E-state index is 12.8. The van der Waals surface area contributed by atoms with E-state index in [0.717, 1.165) is 42.6 Å². The number of nitrogens with zero attached hydrogens (tertiary/aromatic N) is 7. The van der Waals surface area contributed by atoms with Crippen molar-refractivity contribution >= 4 is 22.4 Å². The zero-order valence-corrected chi connectivity index (χ0v) is 15.3. The Balaban J connectivity index is 1.43. The van der Waals surface area contributed by atoms with Gasteiger partial charge in [0.2, 0.25) is 0 Å². The van der Waals surface area contributed by atoms with Gasteiger partial charge in [-0.25, -0.2) is 9.67 Å². The molecular weight excluding hydrogens is 350 g/mol. The molecule has 3 heterocycles. The molecule has 0 saturated carbocycles. The van der Waals surface area contributed by atoms with Crippen LogP contribution >= 0.6 is 11.3 Å². The Kier molecular flexibility index (Phi) is 4.61. The summed E-state index contributed by atoms with van der Waals surface area (Å²) in [6.45, 7) is 5.20. The number of tetrazole rings is 1. The zero-order valence-electron chi connectivity index (χ0n) is 14.4. The van der Waals surface area contributed by atoms with Crippen molar-refractivity contribution in [3.8, 4) is 5.69 Å². The number of hydrogen-bond acceptors (Lipinski definition) is 7. The standard InChI is InChI=1S/C17H19N7OS/c1-13-11-26-17(19-13)23-8-2-7-22(9-10-23)16(25)14-3-5-15(6-4-14)24-12-18-20-21-24/h3-6,11-12H,2,7-10H2,1H3. The van der Waals surface area contributed by atoms with Crippen molar-refractivity contribution in [1.82, 2.24) is 30.1 Å². The molecule has 8 nitrogen and oxygen atoms in total. The summed E-state index contributed by atoms with van der Waals surface area (Å²) < 4.78 is 1.56. The Labute approximate surface area is 155 Å². The third-order valence-electron chi connectivity index (χ3n) is 4.39. The number of thiazole rings is 1. The van der Waals surface area contributed by atoms with Crippen LogP contribution in [0.5, 0.6) is 0 Å². The van der Waals surface area contributed by atoms with E-state index >= 15 is 0 Å². The highest BCUT2D eigenvalue weighted by Gasteiger charge is 2.21. The van der Waals surface area contributed by atoms with Gasteiger partial charge in [-0.05, 0) is 48.0 Å². The van der Waals surface area contributed by atoms with Crippen LogP contribution in [-0.2, 0) is 0 Å². The van der Waals surface area contributed by atoms with E-state index in [1.165, 1.54) is 6.33 Å². The first-order valence-corrected chi connectivity index (χ1v) is 9.38. The minimum Gasteiger partial charge on any atom is -0.346 e. The lowest BCUT2D eigenvalue weighted by Crippen LogP contribution is -2.35. The highest BCUT2D eigenvalue weighted by Crippen LogP contribution is 2.22. The smallest absolute Gasteiger partial charge is 0.253 e. The van der Waals surface area contributed by atoms with Crippen LogP contribution in [0.4, 0.5) is 5.13 Å². The van der Waals surface area contributed by atoms with E-state index in [9.17, 15) is 4.79 Å². The number of benzene rings is 1. The lowest BCUT2D eigenvalue weighted by Gasteiger charge is -2.22. The van der Waals surface area contributed by atoms with Crippen LogP contribution in [0.15, 0.2) is 36.0 Å². The summed E-state index contributed by atoms with van der Waals surface area (Å²) in [5, 5.41) is 14.2. The third kappa shape index (κ3) is 3.43. The van der Waals surface area contributed by atoms with E-state index in [4.69, 9.17) is 0 Å². The van der Waals surface area contributed by atoms with Crippen LogP contribution < -0.4 is 4.90 Å². The van der Waals surface area contributed by atoms with Crippen LogP contribution in [0, 0.1) is 6.92 Å². The van der Waals surface area contributed by atoms with Gasteiger partial charge in [-0.15, -0.1) is 16.4 Å². The molecule has 0 N–H and O–H groups in total. The molecule has 2 aromatic heterocycles. The van der Waals surface area contributed by atoms with Gasteiger partial charge in [0, 0.05) is 37.1 Å². The van der Waals surface area contributed by atoms with Gasteiger partial charge in [0.15, 0.2) is 5.13 Å². The summed E-state index contributed by atoms with van der Waals surface area (Å²) in [5.41, 5.74) is 2.55. The molecule has 3 aromatic rings. The second-order valence-electron chi connectivity index (χ2n) is 6.21. The summed E-state index contributed by atoms with van der Waals surface area (Å²) in [5.74, 6) is 0.0606. The molecule has 4 rings (SSSR count). The summed E-state index contributed by atoms with van der Waals surface area (Å²) in [6.07, 6.45) is 2.47. The molecule has 0 unspecified atom stereocenters. The molecule has 1 aromatic carbocycles. The van der Waals surface area contributed by atoms with Crippen molar-refractivity contribution in [2.24, 2.45) is 0 Å². The van der Waals surface area contributed by atoms with Crippen LogP contribution in [0.1, 0.15) is 22.5 Å². The number of rotatable bonds is 3. The van der Waals surface area contributed by atoms with Gasteiger partial charge in [0.1, 0.15) is 6.33 Å². The molecule has 9 heteroatoms. The number of hydrogen-bond donors (Lipinski definition) is 0. The highest BCUT2D eigenvalue weighted by molar-refractivity contribution is 7.13. The Morgan fingerprint density at radius 3 is 2.65 bits per heavy atom. The normalized spacial score (nSPS) is 15.1. The minimum absolute atomic E-state index is 0.0606. The van der Waals surface area contributed by atoms with Gasteiger partial charge in [0.05, 0.1) is 11.4 Å². The molecular formula is C17H19N7OS. The van der Waals surface area contributed by atoms with Gasteiger partial charge in [-0.2, -0.15) is 0 Å². The molecule has 134 valence electrons. The second kappa shape index (κ2) is 7.20. The number of aromatic nitrogens is 5. The quantitative estimate of drug-likeness (QED) is 0.700. The molecule has 1 fully saturated rings. The summed E-state index contributed by atoms with van der Waals surface area (Å²) in [4.78, 5) is 21.6. The van der Waals surface area contributed by atoms with E-state index in [-0.39, 0.29) is 5.91 Å². The van der Waals surface area contributed by atoms with Crippen molar-refractivity contribution in [3.05, 3.63) is 47.2 Å². The minimum atomic E-state index is 0.0606. The average Bonchev–Trinajstić information content (AvgIpc) is 3.28. The van der Waals surface area contributed by atoms with Crippen LogP contribution in [-0.4, -0.2) is 62.2 Å². The fourth-order valence-corrected chi connectivity index (χ4v) is 3.87. The second-order valence-corrected chi connectivity index (χ2v) is 7.04. The van der Waals surface area contributed by atoms with Crippen molar-refractivity contribution < 1.29 is 4.79 Å². The molecule has 0 bridgehead atoms. The molecule has 1 aliphatic rings. The summed E-state index contributed by atoms with van der Waals surface area (Å²) in [6, 6.07) is 7.36. The first kappa shape index (κ1) is 16.6. The van der Waals surface area contributed by atoms with Gasteiger partial charge in [0.25, 0.3) is 5.91 Å². The molecule has 0 atom stereocenters. The van der Waals surface area contributed by atoms with E-state index < -0.39 is 0 Å². The Morgan fingerprint density at radius 1 is 1.12 bits per heavy atom. The predicted octanol–water partition coefficient (Wildman–Crippen LogP) is 1.78.